The van der Waals surface area contributed by atoms with Crippen LogP contribution in [0.4, 0.5) is 0 Å². The second-order valence-electron chi connectivity index (χ2n) is 4.73. The van der Waals surface area contributed by atoms with Gasteiger partial charge < -0.3 is 11.1 Å². The SMILES string of the molecule is CCCSSCCCCCCCNC(=O)CCC(N)=O. The molecule has 0 saturated heterocycles. The standard InChI is InChI=1S/C14H28N2O2S2/c1-2-11-19-20-12-7-5-3-4-6-10-16-14(18)9-8-13(15)17/h2-12H2,1H3,(H2,15,17)(H,16,18). The van der Waals surface area contributed by atoms with Crippen LogP contribution in [-0.2, 0) is 9.59 Å². The van der Waals surface area contributed by atoms with Crippen molar-refractivity contribution in [2.24, 2.45) is 5.73 Å². The van der Waals surface area contributed by atoms with Gasteiger partial charge >= 0.3 is 0 Å². The van der Waals surface area contributed by atoms with E-state index in [0.717, 1.165) is 12.8 Å². The average Bonchev–Trinajstić information content (AvgIpc) is 2.42. The minimum absolute atomic E-state index is 0.0758. The first kappa shape index (κ1) is 19.6. The van der Waals surface area contributed by atoms with E-state index in [4.69, 9.17) is 5.73 Å². The van der Waals surface area contributed by atoms with E-state index in [2.05, 4.69) is 12.2 Å². The van der Waals surface area contributed by atoms with Gasteiger partial charge in [-0.3, -0.25) is 9.59 Å². The molecule has 0 aromatic rings. The number of primary amides is 1. The third-order valence-corrected chi connectivity index (χ3v) is 5.39. The van der Waals surface area contributed by atoms with Gasteiger partial charge in [-0.1, -0.05) is 47.8 Å². The van der Waals surface area contributed by atoms with Crippen molar-refractivity contribution in [3.63, 3.8) is 0 Å². The third kappa shape index (κ3) is 15.7. The zero-order chi connectivity index (χ0) is 15.1. The Morgan fingerprint density at radius 3 is 2.30 bits per heavy atom. The van der Waals surface area contributed by atoms with Gasteiger partial charge in [-0.2, -0.15) is 0 Å². The van der Waals surface area contributed by atoms with Gasteiger partial charge in [0.25, 0.3) is 0 Å². The first-order chi connectivity index (χ1) is 9.66. The van der Waals surface area contributed by atoms with Crippen LogP contribution in [0.5, 0.6) is 0 Å². The molecule has 0 rings (SSSR count). The Hall–Kier alpha value is -0.360. The van der Waals surface area contributed by atoms with Gasteiger partial charge in [0.15, 0.2) is 0 Å². The number of hydrogen-bond donors (Lipinski definition) is 2. The maximum atomic E-state index is 11.3. The maximum absolute atomic E-state index is 11.3. The molecule has 0 saturated carbocycles. The lowest BCUT2D eigenvalue weighted by Crippen LogP contribution is -2.25. The van der Waals surface area contributed by atoms with E-state index in [0.29, 0.717) is 6.54 Å². The molecule has 6 heteroatoms. The Morgan fingerprint density at radius 2 is 1.60 bits per heavy atom. The molecule has 0 aliphatic carbocycles. The summed E-state index contributed by atoms with van der Waals surface area (Å²) in [6, 6.07) is 0. The van der Waals surface area contributed by atoms with Crippen LogP contribution in [0.25, 0.3) is 0 Å². The molecule has 0 fully saturated rings. The van der Waals surface area contributed by atoms with Crippen LogP contribution in [0.3, 0.4) is 0 Å². The molecule has 0 aromatic heterocycles. The zero-order valence-electron chi connectivity index (χ0n) is 12.5. The minimum atomic E-state index is -0.421. The first-order valence-electron chi connectivity index (χ1n) is 7.46. The summed E-state index contributed by atoms with van der Waals surface area (Å²) in [5.41, 5.74) is 4.98. The zero-order valence-corrected chi connectivity index (χ0v) is 14.1. The average molecular weight is 321 g/mol. The van der Waals surface area contributed by atoms with Gasteiger partial charge in [0, 0.05) is 30.9 Å². The van der Waals surface area contributed by atoms with Gasteiger partial charge in [-0.05, 0) is 19.3 Å². The van der Waals surface area contributed by atoms with Crippen LogP contribution in [0.2, 0.25) is 0 Å². The van der Waals surface area contributed by atoms with Crippen molar-refractivity contribution in [2.45, 2.75) is 58.3 Å². The quantitative estimate of drug-likeness (QED) is 0.381. The summed E-state index contributed by atoms with van der Waals surface area (Å²) >= 11 is 0. The smallest absolute Gasteiger partial charge is 0.220 e. The molecule has 4 nitrogen and oxygen atoms in total. The Labute approximate surface area is 130 Å². The Morgan fingerprint density at radius 1 is 0.950 bits per heavy atom. The second kappa shape index (κ2) is 15.0. The highest BCUT2D eigenvalue weighted by atomic mass is 33.1. The largest absolute Gasteiger partial charge is 0.370 e. The van der Waals surface area contributed by atoms with Crippen LogP contribution in [-0.4, -0.2) is 29.9 Å². The molecule has 0 spiro atoms. The molecule has 0 radical (unpaired) electrons. The number of amides is 2. The normalized spacial score (nSPS) is 10.4. The van der Waals surface area contributed by atoms with Gasteiger partial charge in [-0.15, -0.1) is 0 Å². The highest BCUT2D eigenvalue weighted by Gasteiger charge is 2.02. The highest BCUT2D eigenvalue weighted by Crippen LogP contribution is 2.23. The molecule has 0 aromatic carbocycles. The van der Waals surface area contributed by atoms with Gasteiger partial charge in [0.1, 0.15) is 0 Å². The summed E-state index contributed by atoms with van der Waals surface area (Å²) in [6.45, 7) is 2.92. The van der Waals surface area contributed by atoms with Gasteiger partial charge in [0.2, 0.25) is 11.8 Å². The van der Waals surface area contributed by atoms with E-state index in [-0.39, 0.29) is 18.7 Å². The van der Waals surface area contributed by atoms with Crippen molar-refractivity contribution in [3.8, 4) is 0 Å². The highest BCUT2D eigenvalue weighted by molar-refractivity contribution is 8.76. The first-order valence-corrected chi connectivity index (χ1v) is 9.95. The predicted octanol–water partition coefficient (Wildman–Crippen LogP) is 3.11. The van der Waals surface area contributed by atoms with Crippen molar-refractivity contribution in [1.82, 2.24) is 5.32 Å². The van der Waals surface area contributed by atoms with Crippen molar-refractivity contribution >= 4 is 33.4 Å². The summed E-state index contributed by atoms with van der Waals surface area (Å²) < 4.78 is 0. The fraction of sp³-hybridized carbons (Fsp3) is 0.857. The Bertz CT molecular complexity index is 264. The summed E-state index contributed by atoms with van der Waals surface area (Å²) in [5, 5.41) is 2.81. The van der Waals surface area contributed by atoms with Crippen molar-refractivity contribution in [3.05, 3.63) is 0 Å². The number of rotatable bonds is 14. The maximum Gasteiger partial charge on any atom is 0.220 e. The minimum Gasteiger partial charge on any atom is -0.370 e. The van der Waals surface area contributed by atoms with Crippen LogP contribution < -0.4 is 11.1 Å². The van der Waals surface area contributed by atoms with E-state index in [1.165, 1.54) is 37.2 Å². The lowest BCUT2D eigenvalue weighted by Gasteiger charge is -2.04. The fourth-order valence-electron chi connectivity index (χ4n) is 1.57. The molecular weight excluding hydrogens is 292 g/mol. The van der Waals surface area contributed by atoms with Crippen molar-refractivity contribution < 1.29 is 9.59 Å². The van der Waals surface area contributed by atoms with Gasteiger partial charge in [0.05, 0.1) is 0 Å². The Kier molecular flexibility index (Phi) is 14.8. The summed E-state index contributed by atoms with van der Waals surface area (Å²) in [4.78, 5) is 21.8. The number of carbonyl (C=O) groups is 2. The molecule has 0 unspecified atom stereocenters. The molecule has 0 heterocycles. The summed E-state index contributed by atoms with van der Waals surface area (Å²) in [6.07, 6.45) is 7.56. The molecule has 20 heavy (non-hydrogen) atoms. The predicted molar refractivity (Wildman–Crippen MR) is 89.7 cm³/mol. The molecule has 3 N–H and O–H groups in total. The second-order valence-corrected chi connectivity index (χ2v) is 7.43. The van der Waals surface area contributed by atoms with Gasteiger partial charge in [-0.25, -0.2) is 0 Å². The van der Waals surface area contributed by atoms with Crippen LogP contribution in [0, 0.1) is 0 Å². The van der Waals surface area contributed by atoms with E-state index >= 15 is 0 Å². The Balaban J connectivity index is 3.12. The van der Waals surface area contributed by atoms with Crippen molar-refractivity contribution in [1.29, 1.82) is 0 Å². The van der Waals surface area contributed by atoms with Crippen LogP contribution in [0.1, 0.15) is 58.3 Å². The van der Waals surface area contributed by atoms with E-state index in [1.54, 1.807) is 0 Å². The topological polar surface area (TPSA) is 72.2 Å². The number of carbonyl (C=O) groups excluding carboxylic acids is 2. The molecule has 118 valence electrons. The lowest BCUT2D eigenvalue weighted by molar-refractivity contribution is -0.125. The monoisotopic (exact) mass is 320 g/mol. The third-order valence-electron chi connectivity index (χ3n) is 2.70. The molecule has 0 aliphatic rings. The fourth-order valence-corrected chi connectivity index (χ4v) is 3.86. The molecule has 0 aliphatic heterocycles. The number of hydrogen-bond acceptors (Lipinski definition) is 4. The van der Waals surface area contributed by atoms with Crippen LogP contribution in [0.15, 0.2) is 0 Å². The molecular formula is C14H28N2O2S2. The van der Waals surface area contributed by atoms with E-state index in [1.807, 2.05) is 21.6 Å². The summed E-state index contributed by atoms with van der Waals surface area (Å²) in [5.74, 6) is 2.00. The molecule has 2 amide bonds. The molecule has 0 atom stereocenters. The number of nitrogens with two attached hydrogens (primary N) is 1. The summed E-state index contributed by atoms with van der Waals surface area (Å²) in [7, 11) is 3.95. The number of nitrogens with one attached hydrogen (secondary N) is 1. The molecule has 0 bridgehead atoms. The van der Waals surface area contributed by atoms with Crippen molar-refractivity contribution in [2.75, 3.05) is 18.1 Å². The lowest BCUT2D eigenvalue weighted by atomic mass is 10.1. The number of unbranched alkanes of at least 4 members (excludes halogenated alkanes) is 4. The van der Waals surface area contributed by atoms with E-state index in [9.17, 15) is 9.59 Å². The van der Waals surface area contributed by atoms with E-state index < -0.39 is 5.91 Å². The van der Waals surface area contributed by atoms with Crippen LogP contribution >= 0.6 is 21.6 Å².